The van der Waals surface area contributed by atoms with Gasteiger partial charge in [0.2, 0.25) is 0 Å². The fourth-order valence-electron chi connectivity index (χ4n) is 8.53. The van der Waals surface area contributed by atoms with E-state index in [4.69, 9.17) is 0 Å². The molecule has 11 aromatic rings. The average molecular weight is 745 g/mol. The molecule has 0 spiro atoms. The molecule has 0 N–H and O–H groups in total. The zero-order chi connectivity index (χ0) is 37.7. The Bertz CT molecular complexity index is 3200. The molecule has 0 unspecified atom stereocenters. The number of benzene rings is 9. The van der Waals surface area contributed by atoms with Crippen LogP contribution in [0.3, 0.4) is 0 Å². The van der Waals surface area contributed by atoms with Crippen molar-refractivity contribution in [2.24, 2.45) is 0 Å². The summed E-state index contributed by atoms with van der Waals surface area (Å²) < 4.78 is 5.01. The lowest BCUT2D eigenvalue weighted by Gasteiger charge is -2.26. The number of hydrogen-bond donors (Lipinski definition) is 0. The SMILES string of the molecule is c1ccc(-c2ccc(-c3cccc4c3c3ccc(N(c5ccc(-c6ccccc6)cc5)c5cccc6c5sc5ccccc56)cc3n4-c3ccccc3)cc2)cc1. The van der Waals surface area contributed by atoms with Gasteiger partial charge in [-0.1, -0.05) is 164 Å². The van der Waals surface area contributed by atoms with Crippen LogP contribution in [0.25, 0.3) is 81.0 Å². The van der Waals surface area contributed by atoms with Gasteiger partial charge in [-0.25, -0.2) is 0 Å². The molecule has 0 atom stereocenters. The number of anilines is 3. The third-order valence-electron chi connectivity index (χ3n) is 11.2. The van der Waals surface area contributed by atoms with Crippen LogP contribution in [0.15, 0.2) is 218 Å². The summed E-state index contributed by atoms with van der Waals surface area (Å²) in [6.07, 6.45) is 0. The number of rotatable bonds is 7. The normalized spacial score (nSPS) is 11.5. The van der Waals surface area contributed by atoms with Gasteiger partial charge < -0.3 is 9.47 Å². The number of thiophene rings is 1. The molecule has 0 aliphatic carbocycles. The van der Waals surface area contributed by atoms with E-state index in [2.05, 4.69) is 228 Å². The van der Waals surface area contributed by atoms with Crippen molar-refractivity contribution in [2.45, 2.75) is 0 Å². The Morgan fingerprint density at radius 2 is 0.930 bits per heavy atom. The Kier molecular flexibility index (Phi) is 8.04. The van der Waals surface area contributed by atoms with Crippen molar-refractivity contribution < 1.29 is 0 Å². The first-order chi connectivity index (χ1) is 28.3. The third kappa shape index (κ3) is 5.71. The molecule has 57 heavy (non-hydrogen) atoms. The fraction of sp³-hybridized carbons (Fsp3) is 0. The van der Waals surface area contributed by atoms with Crippen LogP contribution in [0.5, 0.6) is 0 Å². The Hall–Kier alpha value is -7.20. The monoisotopic (exact) mass is 744 g/mol. The molecule has 0 aliphatic heterocycles. The first-order valence-corrected chi connectivity index (χ1v) is 20.2. The summed E-state index contributed by atoms with van der Waals surface area (Å²) in [5, 5.41) is 5.05. The van der Waals surface area contributed by atoms with E-state index in [9.17, 15) is 0 Å². The zero-order valence-corrected chi connectivity index (χ0v) is 31.9. The van der Waals surface area contributed by atoms with E-state index >= 15 is 0 Å². The number of para-hydroxylation sites is 1. The van der Waals surface area contributed by atoms with E-state index in [1.807, 2.05) is 11.3 Å². The Morgan fingerprint density at radius 3 is 1.65 bits per heavy atom. The second-order valence-electron chi connectivity index (χ2n) is 14.5. The Morgan fingerprint density at radius 1 is 0.368 bits per heavy atom. The second kappa shape index (κ2) is 13.8. The maximum atomic E-state index is 2.45. The minimum Gasteiger partial charge on any atom is -0.309 e. The summed E-state index contributed by atoms with van der Waals surface area (Å²) in [5.74, 6) is 0. The van der Waals surface area contributed by atoms with Gasteiger partial charge in [-0.2, -0.15) is 0 Å². The lowest BCUT2D eigenvalue weighted by Crippen LogP contribution is -2.10. The standard InChI is InChI=1S/C54H36N2S/c1-4-14-37(15-5-1)39-26-28-41(29-27-39)45-21-12-23-49-53(45)48-35-34-44(36-51(48)56(49)42-18-8-3-9-19-42)55(43-32-30-40(31-33-43)38-16-6-2-7-17-38)50-24-13-22-47-46-20-10-11-25-52(46)57-54(47)50/h1-36H. The summed E-state index contributed by atoms with van der Waals surface area (Å²) >= 11 is 1.87. The van der Waals surface area contributed by atoms with E-state index in [1.54, 1.807) is 0 Å². The van der Waals surface area contributed by atoms with Crippen LogP contribution in [0.1, 0.15) is 0 Å². The number of aromatic nitrogens is 1. The van der Waals surface area contributed by atoms with Gasteiger partial charge in [-0.15, -0.1) is 11.3 Å². The molecule has 9 aromatic carbocycles. The smallest absolute Gasteiger partial charge is 0.0640 e. The van der Waals surface area contributed by atoms with E-state index in [0.29, 0.717) is 0 Å². The molecule has 3 heteroatoms. The third-order valence-corrected chi connectivity index (χ3v) is 12.4. The van der Waals surface area contributed by atoms with Crippen LogP contribution in [0.4, 0.5) is 17.1 Å². The van der Waals surface area contributed by atoms with Gasteiger partial charge >= 0.3 is 0 Å². The second-order valence-corrected chi connectivity index (χ2v) is 15.6. The first-order valence-electron chi connectivity index (χ1n) is 19.4. The number of hydrogen-bond acceptors (Lipinski definition) is 2. The fourth-order valence-corrected chi connectivity index (χ4v) is 9.74. The highest BCUT2D eigenvalue weighted by Crippen LogP contribution is 2.47. The quantitative estimate of drug-likeness (QED) is 0.158. The summed E-state index contributed by atoms with van der Waals surface area (Å²) in [7, 11) is 0. The first kappa shape index (κ1) is 33.2. The van der Waals surface area contributed by atoms with Gasteiger partial charge in [0.1, 0.15) is 0 Å². The highest BCUT2D eigenvalue weighted by molar-refractivity contribution is 7.26. The van der Waals surface area contributed by atoms with Crippen molar-refractivity contribution in [3.63, 3.8) is 0 Å². The Labute approximate surface area is 335 Å². The van der Waals surface area contributed by atoms with Crippen molar-refractivity contribution >= 4 is 70.4 Å². The minimum atomic E-state index is 1.11. The van der Waals surface area contributed by atoms with Gasteiger partial charge in [0.05, 0.1) is 21.4 Å². The molecule has 0 fully saturated rings. The van der Waals surface area contributed by atoms with Crippen LogP contribution >= 0.6 is 11.3 Å². The van der Waals surface area contributed by atoms with Crippen LogP contribution in [-0.2, 0) is 0 Å². The van der Waals surface area contributed by atoms with Crippen LogP contribution < -0.4 is 4.90 Å². The predicted molar refractivity (Wildman–Crippen MR) is 245 cm³/mol. The number of nitrogens with zero attached hydrogens (tertiary/aromatic N) is 2. The summed E-state index contributed by atoms with van der Waals surface area (Å²) in [5.41, 5.74) is 14.1. The minimum absolute atomic E-state index is 1.11. The van der Waals surface area contributed by atoms with Crippen molar-refractivity contribution in [1.29, 1.82) is 0 Å². The molecule has 2 nitrogen and oxygen atoms in total. The van der Waals surface area contributed by atoms with Crippen molar-refractivity contribution in [2.75, 3.05) is 4.90 Å². The lowest BCUT2D eigenvalue weighted by atomic mass is 9.97. The molecule has 0 bridgehead atoms. The van der Waals surface area contributed by atoms with Crippen LogP contribution in [-0.4, -0.2) is 4.57 Å². The van der Waals surface area contributed by atoms with Gasteiger partial charge in [-0.3, -0.25) is 0 Å². The maximum absolute atomic E-state index is 2.45. The molecular weight excluding hydrogens is 709 g/mol. The van der Waals surface area contributed by atoms with Crippen molar-refractivity contribution in [1.82, 2.24) is 4.57 Å². The molecule has 0 aliphatic rings. The average Bonchev–Trinajstić information content (AvgIpc) is 3.84. The number of fused-ring (bicyclic) bond motifs is 6. The molecule has 0 radical (unpaired) electrons. The van der Waals surface area contributed by atoms with E-state index in [1.165, 1.54) is 75.5 Å². The van der Waals surface area contributed by atoms with Gasteiger partial charge in [0.15, 0.2) is 0 Å². The molecule has 0 amide bonds. The molecule has 2 aromatic heterocycles. The van der Waals surface area contributed by atoms with E-state index in [0.717, 1.165) is 22.6 Å². The summed E-state index contributed by atoms with van der Waals surface area (Å²) in [6.45, 7) is 0. The molecule has 0 saturated carbocycles. The molecule has 0 saturated heterocycles. The molecular formula is C54H36N2S. The zero-order valence-electron chi connectivity index (χ0n) is 31.1. The van der Waals surface area contributed by atoms with Gasteiger partial charge in [0.25, 0.3) is 0 Å². The van der Waals surface area contributed by atoms with Crippen molar-refractivity contribution in [3.05, 3.63) is 218 Å². The van der Waals surface area contributed by atoms with Crippen molar-refractivity contribution in [3.8, 4) is 39.1 Å². The Balaban J connectivity index is 1.14. The highest BCUT2D eigenvalue weighted by atomic mass is 32.1. The van der Waals surface area contributed by atoms with Crippen LogP contribution in [0.2, 0.25) is 0 Å². The van der Waals surface area contributed by atoms with Crippen LogP contribution in [0, 0.1) is 0 Å². The highest BCUT2D eigenvalue weighted by Gasteiger charge is 2.22. The lowest BCUT2D eigenvalue weighted by molar-refractivity contribution is 1.18. The van der Waals surface area contributed by atoms with E-state index < -0.39 is 0 Å². The van der Waals surface area contributed by atoms with Gasteiger partial charge in [-0.05, 0) is 88.0 Å². The predicted octanol–water partition coefficient (Wildman–Crippen LogP) is 15.6. The largest absolute Gasteiger partial charge is 0.309 e. The van der Waals surface area contributed by atoms with E-state index in [-0.39, 0.29) is 0 Å². The molecule has 11 rings (SSSR count). The maximum Gasteiger partial charge on any atom is 0.0640 e. The summed E-state index contributed by atoms with van der Waals surface area (Å²) in [4.78, 5) is 2.45. The molecule has 268 valence electrons. The van der Waals surface area contributed by atoms with Gasteiger partial charge in [0, 0.05) is 43.3 Å². The topological polar surface area (TPSA) is 8.17 Å². The summed E-state index contributed by atoms with van der Waals surface area (Å²) in [6, 6.07) is 79.3. The molecule has 2 heterocycles.